The lowest BCUT2D eigenvalue weighted by molar-refractivity contribution is 0.0206. The summed E-state index contributed by atoms with van der Waals surface area (Å²) in [5.41, 5.74) is 1.28. The molecule has 2 aromatic heterocycles. The van der Waals surface area contributed by atoms with Crippen LogP contribution in [0.3, 0.4) is 0 Å². The molecular weight excluding hydrogens is 444 g/mol. The van der Waals surface area contributed by atoms with Crippen LogP contribution in [0.15, 0.2) is 48.9 Å². The Balaban J connectivity index is 1.44. The number of benzene rings is 1. The van der Waals surface area contributed by atoms with E-state index in [1.165, 1.54) is 6.20 Å². The molecule has 0 bridgehead atoms. The van der Waals surface area contributed by atoms with E-state index < -0.39 is 5.60 Å². The lowest BCUT2D eigenvalue weighted by atomic mass is 10.1. The summed E-state index contributed by atoms with van der Waals surface area (Å²) in [5, 5.41) is 16.0. The molecular formula is C25H28N8O2. The minimum absolute atomic E-state index is 0.00323. The van der Waals surface area contributed by atoms with Crippen LogP contribution in [0.25, 0.3) is 11.4 Å². The van der Waals surface area contributed by atoms with Gasteiger partial charge < -0.3 is 20.3 Å². The first-order valence-electron chi connectivity index (χ1n) is 11.5. The van der Waals surface area contributed by atoms with Gasteiger partial charge in [0.25, 0.3) is 0 Å². The van der Waals surface area contributed by atoms with Crippen molar-refractivity contribution in [2.24, 2.45) is 0 Å². The molecule has 2 N–H and O–H groups in total. The molecule has 1 fully saturated rings. The van der Waals surface area contributed by atoms with Gasteiger partial charge in [0, 0.05) is 42.8 Å². The van der Waals surface area contributed by atoms with E-state index in [9.17, 15) is 10.1 Å². The Hall–Kier alpha value is -4.26. The van der Waals surface area contributed by atoms with Crippen LogP contribution in [0.1, 0.15) is 39.3 Å². The third-order valence-electron chi connectivity index (χ3n) is 5.28. The first-order valence-corrected chi connectivity index (χ1v) is 11.5. The second-order valence-corrected chi connectivity index (χ2v) is 9.25. The lowest BCUT2D eigenvalue weighted by Gasteiger charge is -2.34. The molecule has 3 aromatic rings. The standard InChI is InChI=1S/C25H28N8O2/c1-25(2,3)35-24(34)33-13-4-6-19(16-33)30-21-15-29-20(14-26)23(32-21)31-18-9-7-17(8-10-18)22-27-11-5-12-28-22/h5,7-12,15,19H,4,6,13,16H2,1-3H3,(H2,30,31,32)/t19-/m0/s1. The van der Waals surface area contributed by atoms with Crippen molar-refractivity contribution in [2.45, 2.75) is 45.3 Å². The number of nitrogens with one attached hydrogen (secondary N) is 2. The summed E-state index contributed by atoms with van der Waals surface area (Å²) in [5.74, 6) is 1.51. The van der Waals surface area contributed by atoms with Crippen molar-refractivity contribution in [3.8, 4) is 17.5 Å². The molecule has 1 aromatic carbocycles. The number of hydrogen-bond acceptors (Lipinski definition) is 9. The van der Waals surface area contributed by atoms with Gasteiger partial charge in [-0.15, -0.1) is 0 Å². The highest BCUT2D eigenvalue weighted by molar-refractivity contribution is 5.68. The quantitative estimate of drug-likeness (QED) is 0.556. The van der Waals surface area contributed by atoms with E-state index in [-0.39, 0.29) is 17.8 Å². The molecule has 0 unspecified atom stereocenters. The fourth-order valence-corrected chi connectivity index (χ4v) is 3.71. The number of rotatable bonds is 5. The molecule has 3 heterocycles. The highest BCUT2D eigenvalue weighted by atomic mass is 16.6. The van der Waals surface area contributed by atoms with Gasteiger partial charge >= 0.3 is 6.09 Å². The van der Waals surface area contributed by atoms with Crippen molar-refractivity contribution in [2.75, 3.05) is 23.7 Å². The van der Waals surface area contributed by atoms with Gasteiger partial charge in [0.1, 0.15) is 17.5 Å². The molecule has 1 amide bonds. The van der Waals surface area contributed by atoms with Gasteiger partial charge in [0.15, 0.2) is 17.3 Å². The third kappa shape index (κ3) is 6.41. The third-order valence-corrected chi connectivity index (χ3v) is 5.28. The van der Waals surface area contributed by atoms with Crippen LogP contribution in [0.2, 0.25) is 0 Å². The van der Waals surface area contributed by atoms with Crippen LogP contribution in [0.4, 0.5) is 22.1 Å². The predicted molar refractivity (Wildman–Crippen MR) is 132 cm³/mol. The number of carbonyl (C=O) groups excluding carboxylic acids is 1. The molecule has 10 heteroatoms. The molecule has 0 saturated carbocycles. The van der Waals surface area contributed by atoms with Gasteiger partial charge in [-0.3, -0.25) is 0 Å². The van der Waals surface area contributed by atoms with Crippen LogP contribution >= 0.6 is 0 Å². The van der Waals surface area contributed by atoms with Crippen LogP contribution < -0.4 is 10.6 Å². The van der Waals surface area contributed by atoms with E-state index in [1.54, 1.807) is 23.4 Å². The minimum atomic E-state index is -0.539. The monoisotopic (exact) mass is 472 g/mol. The minimum Gasteiger partial charge on any atom is -0.444 e. The van der Waals surface area contributed by atoms with E-state index in [0.717, 1.165) is 24.1 Å². The van der Waals surface area contributed by atoms with Gasteiger partial charge in [-0.25, -0.2) is 24.7 Å². The molecule has 1 aliphatic heterocycles. The van der Waals surface area contributed by atoms with Crippen molar-refractivity contribution in [1.82, 2.24) is 24.8 Å². The Kier molecular flexibility index (Phi) is 7.06. The normalized spacial score (nSPS) is 15.7. The van der Waals surface area contributed by atoms with Crippen LogP contribution in [0, 0.1) is 11.3 Å². The zero-order valence-electron chi connectivity index (χ0n) is 20.0. The van der Waals surface area contributed by atoms with Crippen molar-refractivity contribution in [3.63, 3.8) is 0 Å². The largest absolute Gasteiger partial charge is 0.444 e. The first kappa shape index (κ1) is 23.9. The summed E-state index contributed by atoms with van der Waals surface area (Å²) in [4.78, 5) is 31.5. The van der Waals surface area contributed by atoms with Crippen LogP contribution in [0.5, 0.6) is 0 Å². The summed E-state index contributed by atoms with van der Waals surface area (Å²) < 4.78 is 5.51. The zero-order chi connectivity index (χ0) is 24.8. The number of nitrogens with zero attached hydrogens (tertiary/aromatic N) is 6. The highest BCUT2D eigenvalue weighted by Crippen LogP contribution is 2.23. The van der Waals surface area contributed by atoms with Crippen molar-refractivity contribution in [1.29, 1.82) is 5.26 Å². The maximum Gasteiger partial charge on any atom is 0.410 e. The molecule has 1 atom stereocenters. The number of hydrogen-bond donors (Lipinski definition) is 2. The average molecular weight is 473 g/mol. The summed E-state index contributed by atoms with van der Waals surface area (Å²) in [7, 11) is 0. The topological polar surface area (TPSA) is 129 Å². The number of ether oxygens (including phenoxy) is 1. The molecule has 0 spiro atoms. The number of aromatic nitrogens is 4. The Morgan fingerprint density at radius 3 is 2.60 bits per heavy atom. The van der Waals surface area contributed by atoms with E-state index >= 15 is 0 Å². The molecule has 4 rings (SSSR count). The maximum absolute atomic E-state index is 12.5. The summed E-state index contributed by atoms with van der Waals surface area (Å²) in [6.45, 7) is 6.72. The fraction of sp³-hybridized carbons (Fsp3) is 0.360. The number of anilines is 3. The molecule has 0 aliphatic carbocycles. The SMILES string of the molecule is CC(C)(C)OC(=O)N1CCC[C@H](Nc2cnc(C#N)c(Nc3ccc(-c4ncccn4)cc3)n2)C1. The highest BCUT2D eigenvalue weighted by Gasteiger charge is 2.28. The van der Waals surface area contributed by atoms with Crippen LogP contribution in [-0.4, -0.2) is 55.7 Å². The molecule has 10 nitrogen and oxygen atoms in total. The van der Waals surface area contributed by atoms with E-state index in [0.29, 0.717) is 30.5 Å². The van der Waals surface area contributed by atoms with E-state index in [1.807, 2.05) is 45.0 Å². The smallest absolute Gasteiger partial charge is 0.410 e. The Morgan fingerprint density at radius 1 is 1.17 bits per heavy atom. The van der Waals surface area contributed by atoms with Gasteiger partial charge in [-0.1, -0.05) is 0 Å². The Bertz CT molecular complexity index is 1200. The zero-order valence-corrected chi connectivity index (χ0v) is 20.0. The molecule has 0 radical (unpaired) electrons. The number of nitriles is 1. The number of likely N-dealkylation sites (tertiary alicyclic amines) is 1. The van der Waals surface area contributed by atoms with Gasteiger partial charge in [0.2, 0.25) is 0 Å². The average Bonchev–Trinajstić information content (AvgIpc) is 2.84. The van der Waals surface area contributed by atoms with Crippen molar-refractivity contribution >= 4 is 23.4 Å². The Labute approximate surface area is 204 Å². The van der Waals surface area contributed by atoms with Gasteiger partial charge in [0.05, 0.1) is 6.20 Å². The summed E-state index contributed by atoms with van der Waals surface area (Å²) in [6, 6.07) is 11.4. The second kappa shape index (κ2) is 10.3. The van der Waals surface area contributed by atoms with Crippen LogP contribution in [-0.2, 0) is 4.74 Å². The van der Waals surface area contributed by atoms with Crippen molar-refractivity contribution in [3.05, 3.63) is 54.6 Å². The van der Waals surface area contributed by atoms with Gasteiger partial charge in [-0.2, -0.15) is 5.26 Å². The fourth-order valence-electron chi connectivity index (χ4n) is 3.71. The molecule has 1 saturated heterocycles. The number of amides is 1. The van der Waals surface area contributed by atoms with Gasteiger partial charge in [-0.05, 0) is 63.9 Å². The lowest BCUT2D eigenvalue weighted by Crippen LogP contribution is -2.47. The number of carbonyl (C=O) groups is 1. The molecule has 1 aliphatic rings. The second-order valence-electron chi connectivity index (χ2n) is 9.25. The first-order chi connectivity index (χ1) is 16.8. The van der Waals surface area contributed by atoms with Crippen molar-refractivity contribution < 1.29 is 9.53 Å². The molecule has 180 valence electrons. The number of piperidine rings is 1. The van der Waals surface area contributed by atoms with E-state index in [2.05, 4.69) is 36.6 Å². The Morgan fingerprint density at radius 2 is 1.91 bits per heavy atom. The van der Waals surface area contributed by atoms with E-state index in [4.69, 9.17) is 4.74 Å². The maximum atomic E-state index is 12.5. The summed E-state index contributed by atoms with van der Waals surface area (Å²) in [6.07, 6.45) is 6.34. The predicted octanol–water partition coefficient (Wildman–Crippen LogP) is 4.36. The summed E-state index contributed by atoms with van der Waals surface area (Å²) >= 11 is 0. The molecule has 35 heavy (non-hydrogen) atoms.